The third kappa shape index (κ3) is 4.90. The van der Waals surface area contributed by atoms with Crippen molar-refractivity contribution in [1.29, 1.82) is 0 Å². The quantitative estimate of drug-likeness (QED) is 0.785. The SMILES string of the molecule is CNC(=O)CNc1ccc(C(=O)N2CCCN(c3ncccn3)CC2)cn1. The molecule has 0 aromatic carbocycles. The zero-order chi connectivity index (χ0) is 19.1. The van der Waals surface area contributed by atoms with Crippen molar-refractivity contribution >= 4 is 23.6 Å². The van der Waals surface area contributed by atoms with Gasteiger partial charge in [-0.05, 0) is 24.6 Å². The number of likely N-dealkylation sites (N-methyl/N-ethyl adjacent to an activating group) is 1. The Kier molecular flexibility index (Phi) is 6.14. The molecule has 0 aliphatic carbocycles. The molecule has 2 aromatic heterocycles. The maximum absolute atomic E-state index is 12.8. The Morgan fingerprint density at radius 1 is 1.07 bits per heavy atom. The summed E-state index contributed by atoms with van der Waals surface area (Å²) in [5.74, 6) is 1.07. The van der Waals surface area contributed by atoms with E-state index in [2.05, 4.69) is 30.5 Å². The first-order valence-electron chi connectivity index (χ1n) is 8.89. The molecular weight excluding hydrogens is 346 g/mol. The Morgan fingerprint density at radius 3 is 2.59 bits per heavy atom. The van der Waals surface area contributed by atoms with Gasteiger partial charge in [0.1, 0.15) is 5.82 Å². The van der Waals surface area contributed by atoms with Crippen molar-refractivity contribution in [3.05, 3.63) is 42.4 Å². The maximum atomic E-state index is 12.8. The van der Waals surface area contributed by atoms with Crippen LogP contribution in [-0.4, -0.2) is 71.4 Å². The lowest BCUT2D eigenvalue weighted by Gasteiger charge is -2.22. The number of aromatic nitrogens is 3. The second-order valence-corrected chi connectivity index (χ2v) is 6.14. The number of carbonyl (C=O) groups is 2. The zero-order valence-electron chi connectivity index (χ0n) is 15.3. The van der Waals surface area contributed by atoms with Gasteiger partial charge < -0.3 is 20.4 Å². The van der Waals surface area contributed by atoms with E-state index in [0.717, 1.165) is 13.0 Å². The number of anilines is 2. The molecule has 142 valence electrons. The highest BCUT2D eigenvalue weighted by atomic mass is 16.2. The van der Waals surface area contributed by atoms with Crippen LogP contribution in [0.4, 0.5) is 11.8 Å². The number of pyridine rings is 1. The number of hydrogen-bond donors (Lipinski definition) is 2. The van der Waals surface area contributed by atoms with Gasteiger partial charge in [0.05, 0.1) is 12.1 Å². The molecule has 1 saturated heterocycles. The summed E-state index contributed by atoms with van der Waals surface area (Å²) in [6.07, 6.45) is 5.84. The number of hydrogen-bond acceptors (Lipinski definition) is 7. The minimum Gasteiger partial charge on any atom is -0.361 e. The van der Waals surface area contributed by atoms with E-state index >= 15 is 0 Å². The fourth-order valence-electron chi connectivity index (χ4n) is 2.84. The lowest BCUT2D eigenvalue weighted by atomic mass is 10.2. The minimum atomic E-state index is -0.131. The number of rotatable bonds is 5. The van der Waals surface area contributed by atoms with E-state index in [1.54, 1.807) is 37.6 Å². The molecular formula is C18H23N7O2. The van der Waals surface area contributed by atoms with E-state index in [9.17, 15) is 9.59 Å². The van der Waals surface area contributed by atoms with Crippen molar-refractivity contribution in [2.75, 3.05) is 50.0 Å². The van der Waals surface area contributed by atoms with E-state index < -0.39 is 0 Å². The van der Waals surface area contributed by atoms with E-state index in [4.69, 9.17) is 0 Å². The van der Waals surface area contributed by atoms with Crippen LogP contribution in [0.5, 0.6) is 0 Å². The van der Waals surface area contributed by atoms with Gasteiger partial charge in [0.2, 0.25) is 11.9 Å². The molecule has 0 atom stereocenters. The van der Waals surface area contributed by atoms with Crippen LogP contribution in [0.1, 0.15) is 16.8 Å². The lowest BCUT2D eigenvalue weighted by Crippen LogP contribution is -2.35. The van der Waals surface area contributed by atoms with Gasteiger partial charge in [-0.2, -0.15) is 0 Å². The summed E-state index contributed by atoms with van der Waals surface area (Å²) in [6.45, 7) is 2.93. The Hall–Kier alpha value is -3.23. The van der Waals surface area contributed by atoms with Crippen molar-refractivity contribution in [2.45, 2.75) is 6.42 Å². The van der Waals surface area contributed by atoms with Crippen molar-refractivity contribution in [3.8, 4) is 0 Å². The molecule has 3 rings (SSSR count). The molecule has 9 nitrogen and oxygen atoms in total. The first-order valence-corrected chi connectivity index (χ1v) is 8.89. The van der Waals surface area contributed by atoms with Gasteiger partial charge in [-0.1, -0.05) is 0 Å². The van der Waals surface area contributed by atoms with E-state index in [0.29, 0.717) is 37.0 Å². The fourth-order valence-corrected chi connectivity index (χ4v) is 2.84. The molecule has 2 amide bonds. The smallest absolute Gasteiger partial charge is 0.255 e. The van der Waals surface area contributed by atoms with Crippen molar-refractivity contribution in [3.63, 3.8) is 0 Å². The van der Waals surface area contributed by atoms with Gasteiger partial charge in [-0.15, -0.1) is 0 Å². The molecule has 1 aliphatic heterocycles. The van der Waals surface area contributed by atoms with Gasteiger partial charge in [0.25, 0.3) is 5.91 Å². The molecule has 2 N–H and O–H groups in total. The standard InChI is InChI=1S/C18H23N7O2/c1-19-16(26)13-23-15-5-4-14(12-22-15)17(27)24-8-3-9-25(11-10-24)18-20-6-2-7-21-18/h2,4-7,12H,3,8-11,13H2,1H3,(H,19,26)(H,22,23). The average Bonchev–Trinajstić information content (AvgIpc) is 2.99. The molecule has 0 spiro atoms. The van der Waals surface area contributed by atoms with Gasteiger partial charge in [-0.25, -0.2) is 15.0 Å². The maximum Gasteiger partial charge on any atom is 0.255 e. The van der Waals surface area contributed by atoms with Crippen LogP contribution < -0.4 is 15.5 Å². The summed E-state index contributed by atoms with van der Waals surface area (Å²) in [4.78, 5) is 40.7. The Balaban J connectivity index is 1.58. The summed E-state index contributed by atoms with van der Waals surface area (Å²) < 4.78 is 0. The predicted molar refractivity (Wildman–Crippen MR) is 102 cm³/mol. The molecule has 0 radical (unpaired) electrons. The first-order chi connectivity index (χ1) is 13.2. The van der Waals surface area contributed by atoms with E-state index in [1.807, 2.05) is 4.90 Å². The van der Waals surface area contributed by atoms with Crippen LogP contribution in [0.3, 0.4) is 0 Å². The van der Waals surface area contributed by atoms with Gasteiger partial charge in [-0.3, -0.25) is 9.59 Å². The van der Waals surface area contributed by atoms with Crippen molar-refractivity contribution in [1.82, 2.24) is 25.2 Å². The van der Waals surface area contributed by atoms with E-state index in [1.165, 1.54) is 6.20 Å². The zero-order valence-corrected chi connectivity index (χ0v) is 15.3. The van der Waals surface area contributed by atoms with Gasteiger partial charge in [0.15, 0.2) is 0 Å². The second-order valence-electron chi connectivity index (χ2n) is 6.14. The highest BCUT2D eigenvalue weighted by Crippen LogP contribution is 2.13. The number of nitrogens with zero attached hydrogens (tertiary/aromatic N) is 5. The molecule has 1 fully saturated rings. The molecule has 0 unspecified atom stereocenters. The van der Waals surface area contributed by atoms with Gasteiger partial charge in [0, 0.05) is 51.8 Å². The van der Waals surface area contributed by atoms with E-state index in [-0.39, 0.29) is 18.4 Å². The van der Waals surface area contributed by atoms with Crippen molar-refractivity contribution < 1.29 is 9.59 Å². The minimum absolute atomic E-state index is 0.0452. The largest absolute Gasteiger partial charge is 0.361 e. The van der Waals surface area contributed by atoms with Crippen LogP contribution in [-0.2, 0) is 4.79 Å². The third-order valence-corrected chi connectivity index (χ3v) is 4.34. The topological polar surface area (TPSA) is 103 Å². The first kappa shape index (κ1) is 18.6. The predicted octanol–water partition coefficient (Wildman–Crippen LogP) is 0.382. The van der Waals surface area contributed by atoms with Crippen LogP contribution in [0, 0.1) is 0 Å². The Morgan fingerprint density at radius 2 is 1.89 bits per heavy atom. The second kappa shape index (κ2) is 8.93. The van der Waals surface area contributed by atoms with Crippen LogP contribution in [0.2, 0.25) is 0 Å². The molecule has 27 heavy (non-hydrogen) atoms. The highest BCUT2D eigenvalue weighted by Gasteiger charge is 2.21. The molecule has 2 aromatic rings. The fraction of sp³-hybridized carbons (Fsp3) is 0.389. The van der Waals surface area contributed by atoms with Gasteiger partial charge >= 0.3 is 0 Å². The average molecular weight is 369 g/mol. The van der Waals surface area contributed by atoms with Crippen LogP contribution in [0.25, 0.3) is 0 Å². The summed E-state index contributed by atoms with van der Waals surface area (Å²) >= 11 is 0. The number of nitrogens with one attached hydrogen (secondary N) is 2. The summed E-state index contributed by atoms with van der Waals surface area (Å²) in [7, 11) is 1.57. The molecule has 0 bridgehead atoms. The summed E-state index contributed by atoms with van der Waals surface area (Å²) in [5.41, 5.74) is 0.532. The number of carbonyl (C=O) groups excluding carboxylic acids is 2. The normalized spacial score (nSPS) is 14.4. The summed E-state index contributed by atoms with van der Waals surface area (Å²) in [5, 5.41) is 5.43. The van der Waals surface area contributed by atoms with Crippen LogP contribution in [0.15, 0.2) is 36.8 Å². The third-order valence-electron chi connectivity index (χ3n) is 4.34. The molecule has 9 heteroatoms. The van der Waals surface area contributed by atoms with Crippen molar-refractivity contribution in [2.24, 2.45) is 0 Å². The molecule has 3 heterocycles. The summed E-state index contributed by atoms with van der Waals surface area (Å²) in [6, 6.07) is 5.22. The Labute approximate surface area is 157 Å². The lowest BCUT2D eigenvalue weighted by molar-refractivity contribution is -0.118. The monoisotopic (exact) mass is 369 g/mol. The molecule has 0 saturated carbocycles. The highest BCUT2D eigenvalue weighted by molar-refractivity contribution is 5.94. The molecule has 1 aliphatic rings. The van der Waals surface area contributed by atoms with Crippen LogP contribution >= 0.6 is 0 Å². The number of amides is 2. The Bertz CT molecular complexity index is 767.